The van der Waals surface area contributed by atoms with Crippen LogP contribution < -0.4 is 4.83 Å². The van der Waals surface area contributed by atoms with Crippen molar-refractivity contribution in [3.63, 3.8) is 0 Å². The third-order valence-corrected chi connectivity index (χ3v) is 7.94. The summed E-state index contributed by atoms with van der Waals surface area (Å²) in [5, 5.41) is 27.5. The first kappa shape index (κ1) is 33.7. The molecule has 1 aliphatic rings. The highest BCUT2D eigenvalue weighted by Gasteiger charge is 2.57. The van der Waals surface area contributed by atoms with Gasteiger partial charge < -0.3 is 14.6 Å². The number of non-ortho nitro benzene ring substituents is 1. The van der Waals surface area contributed by atoms with Crippen molar-refractivity contribution >= 4 is 33.4 Å². The fourth-order valence-corrected chi connectivity index (χ4v) is 5.85. The van der Waals surface area contributed by atoms with E-state index < -0.39 is 67.9 Å². The first-order chi connectivity index (χ1) is 19.6. The van der Waals surface area contributed by atoms with E-state index in [1.807, 2.05) is 0 Å². The van der Waals surface area contributed by atoms with Gasteiger partial charge in [0.2, 0.25) is 0 Å². The van der Waals surface area contributed by atoms with Gasteiger partial charge in [-0.25, -0.2) is 4.83 Å². The molecule has 2 aromatic carbocycles. The molecule has 1 saturated carbocycles. The molecule has 0 aromatic heterocycles. The summed E-state index contributed by atoms with van der Waals surface area (Å²) in [7, 11) is -4.20. The minimum Gasteiger partial charge on any atom is -0.460 e. The maximum atomic E-state index is 13.9. The lowest BCUT2D eigenvalue weighted by atomic mass is 9.61. The number of esters is 2. The number of benzene rings is 2. The number of nitro groups is 1. The summed E-state index contributed by atoms with van der Waals surface area (Å²) >= 11 is 0. The van der Waals surface area contributed by atoms with E-state index in [0.717, 1.165) is 5.56 Å². The van der Waals surface area contributed by atoms with Crippen LogP contribution in [0.25, 0.3) is 0 Å². The normalized spacial score (nSPS) is 23.8. The second kappa shape index (κ2) is 12.0. The lowest BCUT2D eigenvalue weighted by molar-refractivity contribution is -0.385. The third kappa shape index (κ3) is 8.38. The summed E-state index contributed by atoms with van der Waals surface area (Å²) in [6, 6.07) is 11.3. The Balaban J connectivity index is 2.27. The van der Waals surface area contributed by atoms with Crippen molar-refractivity contribution in [2.75, 3.05) is 0 Å². The Morgan fingerprint density at radius 3 is 2.12 bits per heavy atom. The molecule has 0 saturated heterocycles. The molecule has 0 bridgehead atoms. The fourth-order valence-electron chi connectivity index (χ4n) is 5.02. The Kier molecular flexibility index (Phi) is 9.42. The maximum absolute atomic E-state index is 13.9. The molecule has 1 aliphatic carbocycles. The summed E-state index contributed by atoms with van der Waals surface area (Å²) in [4.78, 5) is 40.7. The summed E-state index contributed by atoms with van der Waals surface area (Å²) in [6.07, 6.45) is -0.414. The number of carbonyl (C=O) groups excluding carboxylic acids is 2. The molecule has 234 valence electrons. The lowest BCUT2D eigenvalue weighted by Gasteiger charge is -2.46. The number of ether oxygens (including phenoxy) is 2. The average molecular weight is 618 g/mol. The van der Waals surface area contributed by atoms with Crippen molar-refractivity contribution in [1.82, 2.24) is 4.83 Å². The van der Waals surface area contributed by atoms with Gasteiger partial charge in [0.1, 0.15) is 17.1 Å². The van der Waals surface area contributed by atoms with Gasteiger partial charge in [-0.2, -0.15) is 13.5 Å². The van der Waals surface area contributed by atoms with E-state index in [-0.39, 0.29) is 21.9 Å². The van der Waals surface area contributed by atoms with Gasteiger partial charge in [-0.3, -0.25) is 19.7 Å². The number of hydrazone groups is 1. The van der Waals surface area contributed by atoms with Gasteiger partial charge in [0.05, 0.1) is 27.0 Å². The van der Waals surface area contributed by atoms with Crippen LogP contribution in [-0.4, -0.2) is 52.9 Å². The fraction of sp³-hybridized carbons (Fsp3) is 0.500. The highest BCUT2D eigenvalue weighted by molar-refractivity contribution is 7.89. The zero-order valence-electron chi connectivity index (χ0n) is 25.6. The van der Waals surface area contributed by atoms with Gasteiger partial charge in [-0.05, 0) is 73.1 Å². The smallest absolute Gasteiger partial charge is 0.315 e. The zero-order chi connectivity index (χ0) is 32.5. The minimum atomic E-state index is -4.20. The lowest BCUT2D eigenvalue weighted by Crippen LogP contribution is -2.56. The molecule has 2 aromatic rings. The summed E-state index contributed by atoms with van der Waals surface area (Å²) in [6.45, 7) is 13.0. The summed E-state index contributed by atoms with van der Waals surface area (Å²) in [5.41, 5.74) is -3.33. The Bertz CT molecular complexity index is 1520. The molecule has 2 N–H and O–H groups in total. The molecule has 0 aliphatic heterocycles. The van der Waals surface area contributed by atoms with Crippen LogP contribution in [0.1, 0.15) is 71.9 Å². The van der Waals surface area contributed by atoms with Gasteiger partial charge in [0.25, 0.3) is 15.7 Å². The summed E-state index contributed by atoms with van der Waals surface area (Å²) in [5.74, 6) is -5.84. The van der Waals surface area contributed by atoms with Crippen LogP contribution in [0, 0.1) is 28.9 Å². The molecule has 1 fully saturated rings. The monoisotopic (exact) mass is 617 g/mol. The topological polar surface area (TPSA) is 174 Å². The second-order valence-corrected chi connectivity index (χ2v) is 14.6. The second-order valence-electron chi connectivity index (χ2n) is 12.9. The van der Waals surface area contributed by atoms with E-state index >= 15 is 0 Å². The third-order valence-electron chi connectivity index (χ3n) is 6.71. The molecule has 0 heterocycles. The molecule has 43 heavy (non-hydrogen) atoms. The number of nitrogens with zero attached hydrogens (tertiary/aromatic N) is 2. The van der Waals surface area contributed by atoms with E-state index in [4.69, 9.17) is 9.47 Å². The number of hydrogen-bond donors (Lipinski definition) is 2. The Hall–Kier alpha value is -3.84. The molecule has 0 spiro atoms. The number of sulfonamides is 1. The van der Waals surface area contributed by atoms with Gasteiger partial charge in [-0.1, -0.05) is 29.8 Å². The highest BCUT2D eigenvalue weighted by Crippen LogP contribution is 2.48. The van der Waals surface area contributed by atoms with Crippen molar-refractivity contribution in [2.45, 2.75) is 89.4 Å². The highest BCUT2D eigenvalue weighted by atomic mass is 32.2. The van der Waals surface area contributed by atoms with Crippen LogP contribution in [0.2, 0.25) is 0 Å². The van der Waals surface area contributed by atoms with Crippen LogP contribution in [0.5, 0.6) is 0 Å². The molecule has 3 rings (SSSR count). The first-order valence-electron chi connectivity index (χ1n) is 13.7. The molecular weight excluding hydrogens is 578 g/mol. The number of nitrogens with one attached hydrogen (secondary N) is 1. The molecule has 0 amide bonds. The standard InChI is InChI=1S/C30H39N3O9S/c1-18-12-14-21(15-13-18)43(39,40)32-31-22-17-30(8,36)25(27(35)42-29(5,6)7)23(24(22)26(34)41-28(2,3)4)19-10-9-11-20(16-19)33(37)38/h9-16,23-25,32,36H,17H2,1-8H3/b31-22-/t23-,24+,25-,30-/m0/s1. The number of carbonyl (C=O) groups is 2. The molecule has 12 nitrogen and oxygen atoms in total. The Labute approximate surface area is 251 Å². The molecular formula is C30H39N3O9S. The quantitative estimate of drug-likeness (QED) is 0.259. The molecule has 0 radical (unpaired) electrons. The van der Waals surface area contributed by atoms with Crippen LogP contribution >= 0.6 is 0 Å². The van der Waals surface area contributed by atoms with Gasteiger partial charge in [0.15, 0.2) is 0 Å². The van der Waals surface area contributed by atoms with Crippen LogP contribution in [0.15, 0.2) is 58.5 Å². The van der Waals surface area contributed by atoms with Crippen molar-refractivity contribution in [2.24, 2.45) is 16.9 Å². The van der Waals surface area contributed by atoms with Crippen LogP contribution in [-0.2, 0) is 29.1 Å². The Morgan fingerprint density at radius 1 is 1.02 bits per heavy atom. The van der Waals surface area contributed by atoms with Crippen LogP contribution in [0.3, 0.4) is 0 Å². The van der Waals surface area contributed by atoms with E-state index in [1.165, 1.54) is 43.3 Å². The number of aliphatic hydroxyl groups is 1. The number of nitro benzene ring substituents is 1. The van der Waals surface area contributed by atoms with Crippen molar-refractivity contribution in [1.29, 1.82) is 0 Å². The number of hydrogen-bond acceptors (Lipinski definition) is 10. The molecule has 13 heteroatoms. The molecule has 0 unspecified atom stereocenters. The largest absolute Gasteiger partial charge is 0.460 e. The number of aryl methyl sites for hydroxylation is 1. The predicted octanol–water partition coefficient (Wildman–Crippen LogP) is 4.39. The van der Waals surface area contributed by atoms with Gasteiger partial charge in [-0.15, -0.1) is 0 Å². The first-order valence-corrected chi connectivity index (χ1v) is 15.2. The van der Waals surface area contributed by atoms with Crippen LogP contribution in [0.4, 0.5) is 5.69 Å². The van der Waals surface area contributed by atoms with Crippen molar-refractivity contribution in [3.8, 4) is 0 Å². The van der Waals surface area contributed by atoms with E-state index in [9.17, 15) is 33.2 Å². The average Bonchev–Trinajstić information content (AvgIpc) is 2.84. The van der Waals surface area contributed by atoms with Crippen molar-refractivity contribution in [3.05, 3.63) is 69.8 Å². The summed E-state index contributed by atoms with van der Waals surface area (Å²) < 4.78 is 37.6. The molecule has 4 atom stereocenters. The number of rotatable bonds is 7. The van der Waals surface area contributed by atoms with E-state index in [1.54, 1.807) is 60.6 Å². The van der Waals surface area contributed by atoms with Gasteiger partial charge in [0, 0.05) is 24.5 Å². The van der Waals surface area contributed by atoms with E-state index in [2.05, 4.69) is 9.93 Å². The van der Waals surface area contributed by atoms with E-state index in [0.29, 0.717) is 0 Å². The Morgan fingerprint density at radius 2 is 1.58 bits per heavy atom. The predicted molar refractivity (Wildman–Crippen MR) is 159 cm³/mol. The van der Waals surface area contributed by atoms with Gasteiger partial charge >= 0.3 is 11.9 Å². The SMILES string of the molecule is Cc1ccc(S(=O)(=O)N/N=C2/C[C@](C)(O)[C@H](C(=O)OC(C)(C)C)[C@@H](c3cccc([N+](=O)[O-])c3)[C@@H]2C(=O)OC(C)(C)C)cc1. The minimum absolute atomic E-state index is 0.0827. The van der Waals surface area contributed by atoms with Crippen molar-refractivity contribution < 1.29 is 37.5 Å². The zero-order valence-corrected chi connectivity index (χ0v) is 26.4. The maximum Gasteiger partial charge on any atom is 0.315 e.